The lowest BCUT2D eigenvalue weighted by Crippen LogP contribution is -2.18. The SMILES string of the molecule is Nc1nc(N)c2ncn([C@H]3C=CC[C@@H](CO)C3)c2n1. The van der Waals surface area contributed by atoms with Gasteiger partial charge in [0.25, 0.3) is 0 Å². The number of aliphatic hydroxyl groups is 1. The van der Waals surface area contributed by atoms with Crippen molar-refractivity contribution in [2.75, 3.05) is 18.1 Å². The zero-order valence-corrected chi connectivity index (χ0v) is 10.4. The molecule has 7 heteroatoms. The Labute approximate surface area is 110 Å². The fourth-order valence-electron chi connectivity index (χ4n) is 2.50. The number of imidazole rings is 1. The van der Waals surface area contributed by atoms with E-state index in [1.807, 2.05) is 4.57 Å². The second kappa shape index (κ2) is 4.51. The van der Waals surface area contributed by atoms with Crippen molar-refractivity contribution in [1.29, 1.82) is 0 Å². The highest BCUT2D eigenvalue weighted by Gasteiger charge is 2.21. The van der Waals surface area contributed by atoms with Gasteiger partial charge in [0, 0.05) is 6.61 Å². The van der Waals surface area contributed by atoms with Gasteiger partial charge in [0.1, 0.15) is 5.52 Å². The van der Waals surface area contributed by atoms with E-state index < -0.39 is 0 Å². The lowest BCUT2D eigenvalue weighted by Gasteiger charge is -2.24. The van der Waals surface area contributed by atoms with Crippen LogP contribution in [0.25, 0.3) is 11.2 Å². The third-order valence-corrected chi connectivity index (χ3v) is 3.48. The molecule has 1 aliphatic rings. The van der Waals surface area contributed by atoms with Gasteiger partial charge in [0.2, 0.25) is 5.95 Å². The molecule has 0 fully saturated rings. The fraction of sp³-hybridized carbons (Fsp3) is 0.417. The zero-order valence-electron chi connectivity index (χ0n) is 10.4. The van der Waals surface area contributed by atoms with Crippen LogP contribution >= 0.6 is 0 Å². The highest BCUT2D eigenvalue weighted by atomic mass is 16.3. The summed E-state index contributed by atoms with van der Waals surface area (Å²) in [7, 11) is 0. The first-order valence-electron chi connectivity index (χ1n) is 6.22. The maximum absolute atomic E-state index is 9.28. The van der Waals surface area contributed by atoms with Gasteiger partial charge >= 0.3 is 0 Å². The molecule has 0 radical (unpaired) electrons. The van der Waals surface area contributed by atoms with Crippen LogP contribution in [0, 0.1) is 5.92 Å². The molecule has 100 valence electrons. The zero-order chi connectivity index (χ0) is 13.4. The van der Waals surface area contributed by atoms with Crippen LogP contribution in [-0.2, 0) is 0 Å². The summed E-state index contributed by atoms with van der Waals surface area (Å²) in [6.45, 7) is 0.187. The van der Waals surface area contributed by atoms with E-state index in [0.717, 1.165) is 12.8 Å². The third kappa shape index (κ3) is 2.01. The van der Waals surface area contributed by atoms with Gasteiger partial charge in [-0.25, -0.2) is 4.98 Å². The van der Waals surface area contributed by atoms with Gasteiger partial charge in [-0.05, 0) is 18.8 Å². The number of aromatic nitrogens is 4. The number of rotatable bonds is 2. The molecule has 2 aromatic heterocycles. The second-order valence-electron chi connectivity index (χ2n) is 4.81. The van der Waals surface area contributed by atoms with E-state index in [-0.39, 0.29) is 24.5 Å². The highest BCUT2D eigenvalue weighted by molar-refractivity contribution is 5.82. The summed E-state index contributed by atoms with van der Waals surface area (Å²) in [5.74, 6) is 0.703. The Morgan fingerprint density at radius 1 is 1.37 bits per heavy atom. The summed E-state index contributed by atoms with van der Waals surface area (Å²) in [5, 5.41) is 9.28. The summed E-state index contributed by atoms with van der Waals surface area (Å²) >= 11 is 0. The Morgan fingerprint density at radius 2 is 2.21 bits per heavy atom. The number of aliphatic hydroxyl groups excluding tert-OH is 1. The molecule has 1 aliphatic carbocycles. The van der Waals surface area contributed by atoms with Crippen molar-refractivity contribution < 1.29 is 5.11 Å². The van der Waals surface area contributed by atoms with Crippen LogP contribution in [0.5, 0.6) is 0 Å². The summed E-state index contributed by atoms with van der Waals surface area (Å²) in [6, 6.07) is 0.115. The van der Waals surface area contributed by atoms with Gasteiger partial charge in [0.15, 0.2) is 11.5 Å². The average molecular weight is 260 g/mol. The Morgan fingerprint density at radius 3 is 3.00 bits per heavy atom. The molecule has 0 amide bonds. The molecule has 5 N–H and O–H groups in total. The first-order valence-corrected chi connectivity index (χ1v) is 6.22. The van der Waals surface area contributed by atoms with Crippen molar-refractivity contribution in [3.05, 3.63) is 18.5 Å². The lowest BCUT2D eigenvalue weighted by atomic mass is 9.91. The molecule has 0 unspecified atom stereocenters. The van der Waals surface area contributed by atoms with Gasteiger partial charge in [-0.1, -0.05) is 12.2 Å². The summed E-state index contributed by atoms with van der Waals surface area (Å²) in [4.78, 5) is 12.4. The van der Waals surface area contributed by atoms with Crippen LogP contribution in [0.3, 0.4) is 0 Å². The number of nitrogens with two attached hydrogens (primary N) is 2. The fourth-order valence-corrected chi connectivity index (χ4v) is 2.50. The monoisotopic (exact) mass is 260 g/mol. The lowest BCUT2D eigenvalue weighted by molar-refractivity contribution is 0.204. The number of fused-ring (bicyclic) bond motifs is 1. The topological polar surface area (TPSA) is 116 Å². The molecule has 0 saturated heterocycles. The van der Waals surface area contributed by atoms with E-state index in [1.165, 1.54) is 0 Å². The molecule has 19 heavy (non-hydrogen) atoms. The average Bonchev–Trinajstić information content (AvgIpc) is 2.82. The Balaban J connectivity index is 2.06. The molecule has 0 bridgehead atoms. The van der Waals surface area contributed by atoms with Crippen LogP contribution in [0.2, 0.25) is 0 Å². The van der Waals surface area contributed by atoms with Gasteiger partial charge in [-0.3, -0.25) is 0 Å². The molecule has 2 atom stereocenters. The molecule has 0 aliphatic heterocycles. The molecular weight excluding hydrogens is 244 g/mol. The van der Waals surface area contributed by atoms with E-state index in [2.05, 4.69) is 27.1 Å². The first-order chi connectivity index (χ1) is 9.19. The van der Waals surface area contributed by atoms with Gasteiger partial charge in [0.05, 0.1) is 12.4 Å². The summed E-state index contributed by atoms with van der Waals surface area (Å²) < 4.78 is 1.93. The third-order valence-electron chi connectivity index (χ3n) is 3.48. The van der Waals surface area contributed by atoms with Crippen molar-refractivity contribution >= 4 is 22.9 Å². The number of nitrogen functional groups attached to an aromatic ring is 2. The van der Waals surface area contributed by atoms with Crippen molar-refractivity contribution in [3.8, 4) is 0 Å². The van der Waals surface area contributed by atoms with Crippen molar-refractivity contribution in [3.63, 3.8) is 0 Å². The number of nitrogens with zero attached hydrogens (tertiary/aromatic N) is 4. The van der Waals surface area contributed by atoms with Crippen LogP contribution in [0.15, 0.2) is 18.5 Å². The molecule has 0 spiro atoms. The first kappa shape index (κ1) is 11.9. The summed E-state index contributed by atoms with van der Waals surface area (Å²) in [5.41, 5.74) is 12.6. The maximum atomic E-state index is 9.28. The molecule has 2 heterocycles. The second-order valence-corrected chi connectivity index (χ2v) is 4.81. The summed E-state index contributed by atoms with van der Waals surface area (Å²) in [6.07, 6.45) is 7.63. The molecule has 7 nitrogen and oxygen atoms in total. The molecule has 2 aromatic rings. The largest absolute Gasteiger partial charge is 0.396 e. The highest BCUT2D eigenvalue weighted by Crippen LogP contribution is 2.30. The number of hydrogen-bond acceptors (Lipinski definition) is 6. The number of allylic oxidation sites excluding steroid dienone is 2. The van der Waals surface area contributed by atoms with Crippen molar-refractivity contribution in [2.45, 2.75) is 18.9 Å². The van der Waals surface area contributed by atoms with Crippen molar-refractivity contribution in [1.82, 2.24) is 19.5 Å². The van der Waals surface area contributed by atoms with Gasteiger partial charge < -0.3 is 21.1 Å². The van der Waals surface area contributed by atoms with Crippen LogP contribution in [-0.4, -0.2) is 31.2 Å². The number of anilines is 2. The minimum absolute atomic E-state index is 0.115. The van der Waals surface area contributed by atoms with Crippen LogP contribution in [0.4, 0.5) is 11.8 Å². The van der Waals surface area contributed by atoms with E-state index in [4.69, 9.17) is 11.5 Å². The van der Waals surface area contributed by atoms with E-state index >= 15 is 0 Å². The number of hydrogen-bond donors (Lipinski definition) is 3. The Kier molecular flexibility index (Phi) is 2.83. The minimum Gasteiger partial charge on any atom is -0.396 e. The van der Waals surface area contributed by atoms with Gasteiger partial charge in [-0.2, -0.15) is 9.97 Å². The van der Waals surface area contributed by atoms with Crippen LogP contribution < -0.4 is 11.5 Å². The minimum atomic E-state index is 0.115. The maximum Gasteiger partial charge on any atom is 0.224 e. The standard InChI is InChI=1S/C12H16N6O/c13-10-9-11(17-12(14)16-10)18(6-15-9)8-3-1-2-7(4-8)5-19/h1,3,6-8,19H,2,4-5H2,(H4,13,14,16,17)/t7-,8+/m1/s1. The molecule has 3 rings (SSSR count). The molecular formula is C12H16N6O. The van der Waals surface area contributed by atoms with E-state index in [9.17, 15) is 5.11 Å². The van der Waals surface area contributed by atoms with E-state index in [0.29, 0.717) is 17.0 Å². The molecule has 0 saturated carbocycles. The molecule has 0 aromatic carbocycles. The van der Waals surface area contributed by atoms with Crippen molar-refractivity contribution in [2.24, 2.45) is 5.92 Å². The quantitative estimate of drug-likeness (QED) is 0.677. The van der Waals surface area contributed by atoms with Crippen LogP contribution in [0.1, 0.15) is 18.9 Å². The predicted octanol–water partition coefficient (Wildman–Crippen LogP) is 0.490. The Hall–Kier alpha value is -2.15. The smallest absolute Gasteiger partial charge is 0.224 e. The normalized spacial score (nSPS) is 23.0. The van der Waals surface area contributed by atoms with E-state index in [1.54, 1.807) is 6.33 Å². The van der Waals surface area contributed by atoms with Gasteiger partial charge in [-0.15, -0.1) is 0 Å². The Bertz CT molecular complexity index is 634. The predicted molar refractivity (Wildman–Crippen MR) is 72.1 cm³/mol.